The topological polar surface area (TPSA) is 64.0 Å². The largest absolute Gasteiger partial charge is 0.353 e. The van der Waals surface area contributed by atoms with E-state index in [1.54, 1.807) is 23.0 Å². The Balaban J connectivity index is 1.61. The normalized spacial score (nSPS) is 14.7. The van der Waals surface area contributed by atoms with Gasteiger partial charge in [0, 0.05) is 18.0 Å². The lowest BCUT2D eigenvalue weighted by atomic mass is 10.0. The van der Waals surface area contributed by atoms with Crippen molar-refractivity contribution in [3.63, 3.8) is 0 Å². The first-order valence-electron chi connectivity index (χ1n) is 9.80. The van der Waals surface area contributed by atoms with Gasteiger partial charge in [0.2, 0.25) is 5.91 Å². The fraction of sp³-hybridized carbons (Fsp3) is 0.650. The van der Waals surface area contributed by atoms with Gasteiger partial charge in [0.05, 0.1) is 11.1 Å². The van der Waals surface area contributed by atoms with Gasteiger partial charge in [0.1, 0.15) is 4.83 Å². The van der Waals surface area contributed by atoms with Crippen LogP contribution in [0.15, 0.2) is 9.95 Å². The van der Waals surface area contributed by atoms with Gasteiger partial charge in [0.25, 0.3) is 5.56 Å². The van der Waals surface area contributed by atoms with Crippen LogP contribution in [0.25, 0.3) is 10.2 Å². The zero-order valence-electron chi connectivity index (χ0n) is 16.6. The molecule has 0 radical (unpaired) electrons. The molecule has 0 fully saturated rings. The predicted octanol–water partition coefficient (Wildman–Crippen LogP) is 3.91. The van der Waals surface area contributed by atoms with E-state index in [1.807, 2.05) is 0 Å². The van der Waals surface area contributed by atoms with Gasteiger partial charge >= 0.3 is 0 Å². The SMILES string of the molecule is CC(C)CCC[C@H](C)NC(=O)CSc1nc2sc3c(c2c(=O)n1C)CCC3. The Labute approximate surface area is 169 Å². The first kappa shape index (κ1) is 20.4. The minimum Gasteiger partial charge on any atom is -0.353 e. The van der Waals surface area contributed by atoms with Gasteiger partial charge < -0.3 is 5.32 Å². The summed E-state index contributed by atoms with van der Waals surface area (Å²) in [5.41, 5.74) is 1.22. The number of hydrogen-bond donors (Lipinski definition) is 1. The highest BCUT2D eigenvalue weighted by atomic mass is 32.2. The van der Waals surface area contributed by atoms with Crippen molar-refractivity contribution in [1.29, 1.82) is 0 Å². The van der Waals surface area contributed by atoms with Gasteiger partial charge in [-0.3, -0.25) is 14.2 Å². The number of thiophene rings is 1. The summed E-state index contributed by atoms with van der Waals surface area (Å²) in [6.45, 7) is 6.49. The summed E-state index contributed by atoms with van der Waals surface area (Å²) in [5.74, 6) is 0.982. The summed E-state index contributed by atoms with van der Waals surface area (Å²) in [6.07, 6.45) is 6.48. The zero-order valence-corrected chi connectivity index (χ0v) is 18.3. The van der Waals surface area contributed by atoms with E-state index in [0.717, 1.165) is 42.3 Å². The van der Waals surface area contributed by atoms with Gasteiger partial charge in [-0.15, -0.1) is 11.3 Å². The van der Waals surface area contributed by atoms with E-state index >= 15 is 0 Å². The number of nitrogens with zero attached hydrogens (tertiary/aromatic N) is 2. The number of amides is 1. The Hall–Kier alpha value is -1.34. The number of aryl methyl sites for hydroxylation is 2. The fourth-order valence-corrected chi connectivity index (χ4v) is 5.67. The molecule has 0 spiro atoms. The van der Waals surface area contributed by atoms with Crippen molar-refractivity contribution in [1.82, 2.24) is 14.9 Å². The first-order chi connectivity index (χ1) is 12.9. The Kier molecular flexibility index (Phi) is 6.63. The lowest BCUT2D eigenvalue weighted by molar-refractivity contribution is -0.119. The number of hydrogen-bond acceptors (Lipinski definition) is 5. The summed E-state index contributed by atoms with van der Waals surface area (Å²) >= 11 is 2.98. The molecule has 1 amide bonds. The molecule has 2 heterocycles. The van der Waals surface area contributed by atoms with Crippen molar-refractivity contribution in [2.24, 2.45) is 13.0 Å². The predicted molar refractivity (Wildman–Crippen MR) is 114 cm³/mol. The average Bonchev–Trinajstić information content (AvgIpc) is 3.17. The molecule has 0 saturated heterocycles. The molecule has 0 aliphatic heterocycles. The minimum absolute atomic E-state index is 0.0000619. The molecule has 7 heteroatoms. The third-order valence-electron chi connectivity index (χ3n) is 5.06. The average molecular weight is 408 g/mol. The van der Waals surface area contributed by atoms with E-state index in [2.05, 4.69) is 31.1 Å². The minimum atomic E-state index is 0.0000619. The molecule has 148 valence electrons. The maximum atomic E-state index is 12.8. The number of carbonyl (C=O) groups excluding carboxylic acids is 1. The van der Waals surface area contributed by atoms with Crippen molar-refractivity contribution in [3.05, 3.63) is 20.8 Å². The highest BCUT2D eigenvalue weighted by Gasteiger charge is 2.22. The maximum absolute atomic E-state index is 12.8. The quantitative estimate of drug-likeness (QED) is 0.532. The van der Waals surface area contributed by atoms with Crippen LogP contribution in [0.1, 0.15) is 56.9 Å². The third-order valence-corrected chi connectivity index (χ3v) is 7.28. The lowest BCUT2D eigenvalue weighted by Crippen LogP contribution is -2.34. The molecule has 2 aromatic heterocycles. The first-order valence-corrected chi connectivity index (χ1v) is 11.6. The van der Waals surface area contributed by atoms with E-state index in [1.165, 1.54) is 28.6 Å². The molecule has 3 rings (SSSR count). The molecule has 0 saturated carbocycles. The van der Waals surface area contributed by atoms with E-state index in [-0.39, 0.29) is 23.3 Å². The number of aromatic nitrogens is 2. The second kappa shape index (κ2) is 8.78. The smallest absolute Gasteiger partial charge is 0.262 e. The van der Waals surface area contributed by atoms with Crippen LogP contribution in [-0.2, 0) is 24.7 Å². The highest BCUT2D eigenvalue weighted by molar-refractivity contribution is 7.99. The van der Waals surface area contributed by atoms with Gasteiger partial charge in [-0.2, -0.15) is 0 Å². The summed E-state index contributed by atoms with van der Waals surface area (Å²) in [4.78, 5) is 31.9. The molecule has 1 atom stereocenters. The number of thioether (sulfide) groups is 1. The Morgan fingerprint density at radius 3 is 2.81 bits per heavy atom. The van der Waals surface area contributed by atoms with Crippen molar-refractivity contribution >= 4 is 39.2 Å². The van der Waals surface area contributed by atoms with Crippen LogP contribution < -0.4 is 10.9 Å². The molecule has 27 heavy (non-hydrogen) atoms. The van der Waals surface area contributed by atoms with Gasteiger partial charge in [-0.05, 0) is 44.1 Å². The molecular formula is C20H29N3O2S2. The van der Waals surface area contributed by atoms with Crippen LogP contribution in [0.3, 0.4) is 0 Å². The molecule has 1 N–H and O–H groups in total. The second-order valence-electron chi connectivity index (χ2n) is 7.88. The Morgan fingerprint density at radius 2 is 2.07 bits per heavy atom. The van der Waals surface area contributed by atoms with Crippen LogP contribution in [0.2, 0.25) is 0 Å². The number of nitrogens with one attached hydrogen (secondary N) is 1. The second-order valence-corrected chi connectivity index (χ2v) is 9.90. The van der Waals surface area contributed by atoms with E-state index in [4.69, 9.17) is 0 Å². The van der Waals surface area contributed by atoms with Gasteiger partial charge in [-0.1, -0.05) is 38.5 Å². The highest BCUT2D eigenvalue weighted by Crippen LogP contribution is 2.35. The third kappa shape index (κ3) is 4.74. The molecule has 0 unspecified atom stereocenters. The fourth-order valence-electron chi connectivity index (χ4n) is 3.59. The number of fused-ring (bicyclic) bond motifs is 3. The van der Waals surface area contributed by atoms with Crippen molar-refractivity contribution in [3.8, 4) is 0 Å². The molecule has 0 aromatic carbocycles. The maximum Gasteiger partial charge on any atom is 0.262 e. The zero-order chi connectivity index (χ0) is 19.6. The molecular weight excluding hydrogens is 378 g/mol. The van der Waals surface area contributed by atoms with Crippen LogP contribution in [0.5, 0.6) is 0 Å². The van der Waals surface area contributed by atoms with Crippen LogP contribution >= 0.6 is 23.1 Å². The summed E-state index contributed by atoms with van der Waals surface area (Å²) in [7, 11) is 1.75. The Morgan fingerprint density at radius 1 is 1.30 bits per heavy atom. The molecule has 1 aliphatic carbocycles. The van der Waals surface area contributed by atoms with Gasteiger partial charge in [0.15, 0.2) is 5.16 Å². The van der Waals surface area contributed by atoms with Crippen molar-refractivity contribution in [2.75, 3.05) is 5.75 Å². The molecule has 1 aliphatic rings. The van der Waals surface area contributed by atoms with Crippen LogP contribution in [-0.4, -0.2) is 27.3 Å². The summed E-state index contributed by atoms with van der Waals surface area (Å²) < 4.78 is 1.59. The van der Waals surface area contributed by atoms with Crippen LogP contribution in [0, 0.1) is 5.92 Å². The van der Waals surface area contributed by atoms with E-state index < -0.39 is 0 Å². The molecule has 2 aromatic rings. The standard InChI is InChI=1S/C20H29N3O2S2/c1-12(2)7-5-8-13(3)21-16(24)11-26-20-22-18-17(19(25)23(20)4)14-9-6-10-15(14)27-18/h12-13H,5-11H2,1-4H3,(H,21,24)/t13-/m0/s1. The van der Waals surface area contributed by atoms with E-state index in [9.17, 15) is 9.59 Å². The van der Waals surface area contributed by atoms with Crippen molar-refractivity contribution in [2.45, 2.75) is 70.5 Å². The number of rotatable bonds is 8. The number of carbonyl (C=O) groups is 1. The van der Waals surface area contributed by atoms with Gasteiger partial charge in [-0.25, -0.2) is 4.98 Å². The summed E-state index contributed by atoms with van der Waals surface area (Å²) in [6, 6.07) is 0.177. The lowest BCUT2D eigenvalue weighted by Gasteiger charge is -2.14. The molecule has 0 bridgehead atoms. The Bertz CT molecular complexity index is 885. The molecule has 5 nitrogen and oxygen atoms in total. The summed E-state index contributed by atoms with van der Waals surface area (Å²) in [5, 5.41) is 4.47. The monoisotopic (exact) mass is 407 g/mol. The van der Waals surface area contributed by atoms with Crippen LogP contribution in [0.4, 0.5) is 0 Å². The van der Waals surface area contributed by atoms with Crippen molar-refractivity contribution < 1.29 is 4.79 Å². The van der Waals surface area contributed by atoms with E-state index in [0.29, 0.717) is 11.1 Å².